The number of hydrogen-bond acceptors (Lipinski definition) is 4. The van der Waals surface area contributed by atoms with Gasteiger partial charge in [0.2, 0.25) is 0 Å². The van der Waals surface area contributed by atoms with Gasteiger partial charge in [-0.2, -0.15) is 5.10 Å². The molecule has 5 nitrogen and oxygen atoms in total. The molecule has 4 rings (SSSR count). The number of aromatic nitrogens is 4. The third kappa shape index (κ3) is 2.68. The average Bonchev–Trinajstić information content (AvgIpc) is 3.11. The van der Waals surface area contributed by atoms with Crippen LogP contribution in [0, 0.1) is 26.8 Å². The Morgan fingerprint density at radius 2 is 1.88 bits per heavy atom. The van der Waals surface area contributed by atoms with Crippen LogP contribution in [-0.2, 0) is 20.1 Å². The summed E-state index contributed by atoms with van der Waals surface area (Å²) >= 11 is 0. The monoisotopic (exact) mass is 496 g/mol. The van der Waals surface area contributed by atoms with Crippen molar-refractivity contribution in [3.05, 3.63) is 59.7 Å². The van der Waals surface area contributed by atoms with E-state index in [1.165, 1.54) is 11.1 Å². The van der Waals surface area contributed by atoms with E-state index in [9.17, 15) is 0 Å². The first-order chi connectivity index (χ1) is 11.1. The summed E-state index contributed by atoms with van der Waals surface area (Å²) in [6.45, 7) is 6.00. The molecular formula is C18H15IrN4O-. The molecule has 0 spiro atoms. The van der Waals surface area contributed by atoms with E-state index in [-0.39, 0.29) is 20.1 Å². The second-order valence-electron chi connectivity index (χ2n) is 5.59. The number of aryl methyl sites for hydroxylation is 3. The first-order valence-electron chi connectivity index (χ1n) is 7.39. The molecule has 0 bridgehead atoms. The normalized spacial score (nSPS) is 10.8. The van der Waals surface area contributed by atoms with Crippen LogP contribution in [0.3, 0.4) is 0 Å². The molecule has 6 heteroatoms. The molecule has 1 radical (unpaired) electrons. The molecule has 0 saturated carbocycles. The maximum absolute atomic E-state index is 5.51. The van der Waals surface area contributed by atoms with Gasteiger partial charge >= 0.3 is 0 Å². The van der Waals surface area contributed by atoms with E-state index >= 15 is 0 Å². The summed E-state index contributed by atoms with van der Waals surface area (Å²) in [7, 11) is 0. The van der Waals surface area contributed by atoms with E-state index in [4.69, 9.17) is 4.42 Å². The minimum Gasteiger partial charge on any atom is -0.488 e. The fraction of sp³-hybridized carbons (Fsp3) is 0.167. The number of fused-ring (bicyclic) bond motifs is 1. The number of hydrogen-bond donors (Lipinski definition) is 0. The first-order valence-corrected chi connectivity index (χ1v) is 7.39. The van der Waals surface area contributed by atoms with Gasteiger partial charge in [0.05, 0.1) is 11.4 Å². The molecule has 0 fully saturated rings. The minimum atomic E-state index is 0. The van der Waals surface area contributed by atoms with Crippen molar-refractivity contribution < 1.29 is 24.5 Å². The van der Waals surface area contributed by atoms with Gasteiger partial charge in [-0.15, -0.1) is 28.9 Å². The van der Waals surface area contributed by atoms with Crippen LogP contribution in [0.4, 0.5) is 0 Å². The van der Waals surface area contributed by atoms with Crippen molar-refractivity contribution in [2.24, 2.45) is 0 Å². The SMILES string of the molecule is Cc1nc2cc(-c3nncn3-c3c(C)cccc3C)[c-]cc2o1.[Ir]. The summed E-state index contributed by atoms with van der Waals surface area (Å²) in [5, 5.41) is 8.37. The molecule has 0 unspecified atom stereocenters. The number of para-hydroxylation sites is 1. The zero-order valence-electron chi connectivity index (χ0n) is 13.5. The van der Waals surface area contributed by atoms with Gasteiger partial charge < -0.3 is 8.98 Å². The Kier molecular flexibility index (Phi) is 4.35. The van der Waals surface area contributed by atoms with Crippen LogP contribution in [-0.4, -0.2) is 19.7 Å². The number of oxazole rings is 1. The third-order valence-electron chi connectivity index (χ3n) is 3.90. The standard InChI is InChI=1S/C18H15N4O.Ir/c1-11-5-4-6-12(2)17(11)22-10-19-21-18(22)14-7-8-16-15(9-14)20-13(3)23-16;/h4-6,8-10H,1-3H3;/q-1;. The Bertz CT molecular complexity index is 999. The molecule has 0 aliphatic rings. The maximum atomic E-state index is 5.51. The predicted octanol–water partition coefficient (Wildman–Crippen LogP) is 3.80. The van der Waals surface area contributed by atoms with Crippen molar-refractivity contribution in [3.63, 3.8) is 0 Å². The van der Waals surface area contributed by atoms with Crippen molar-refractivity contribution in [2.75, 3.05) is 0 Å². The number of rotatable bonds is 2. The molecule has 0 saturated heterocycles. The quantitative estimate of drug-likeness (QED) is 0.397. The van der Waals surface area contributed by atoms with Gasteiger partial charge in [-0.3, -0.25) is 0 Å². The zero-order chi connectivity index (χ0) is 16.0. The molecule has 0 amide bonds. The molecule has 0 aliphatic carbocycles. The van der Waals surface area contributed by atoms with Gasteiger partial charge in [0, 0.05) is 38.2 Å². The predicted molar refractivity (Wildman–Crippen MR) is 87.4 cm³/mol. The molecule has 2 aromatic carbocycles. The van der Waals surface area contributed by atoms with Gasteiger partial charge in [-0.25, -0.2) is 4.98 Å². The fourth-order valence-corrected chi connectivity index (χ4v) is 2.88. The summed E-state index contributed by atoms with van der Waals surface area (Å²) in [4.78, 5) is 4.38. The Balaban J connectivity index is 0.00000169. The van der Waals surface area contributed by atoms with Crippen LogP contribution in [0.15, 0.2) is 41.1 Å². The average molecular weight is 496 g/mol. The molecule has 4 aromatic rings. The number of benzene rings is 2. The van der Waals surface area contributed by atoms with Gasteiger partial charge in [-0.1, -0.05) is 18.2 Å². The second kappa shape index (κ2) is 6.30. The summed E-state index contributed by atoms with van der Waals surface area (Å²) in [5.74, 6) is 1.38. The van der Waals surface area contributed by atoms with Crippen LogP contribution < -0.4 is 0 Å². The smallest absolute Gasteiger partial charge is 0.180 e. The van der Waals surface area contributed by atoms with E-state index in [1.54, 1.807) is 12.4 Å². The molecule has 0 atom stereocenters. The molecule has 0 N–H and O–H groups in total. The molecule has 0 aliphatic heterocycles. The maximum Gasteiger partial charge on any atom is 0.180 e. The Morgan fingerprint density at radius 3 is 2.62 bits per heavy atom. The topological polar surface area (TPSA) is 56.7 Å². The molecule has 123 valence electrons. The van der Waals surface area contributed by atoms with Crippen LogP contribution in [0.1, 0.15) is 17.0 Å². The van der Waals surface area contributed by atoms with Crippen molar-refractivity contribution in [2.45, 2.75) is 20.8 Å². The van der Waals surface area contributed by atoms with Crippen LogP contribution in [0.5, 0.6) is 0 Å². The summed E-state index contributed by atoms with van der Waals surface area (Å²) in [5.41, 5.74) is 5.80. The zero-order valence-corrected chi connectivity index (χ0v) is 15.9. The third-order valence-corrected chi connectivity index (χ3v) is 3.90. The molecule has 2 aromatic heterocycles. The minimum absolute atomic E-state index is 0. The first kappa shape index (κ1) is 16.6. The van der Waals surface area contributed by atoms with Gasteiger partial charge in [0.15, 0.2) is 5.89 Å². The van der Waals surface area contributed by atoms with Crippen molar-refractivity contribution in [1.29, 1.82) is 0 Å². The molecule has 24 heavy (non-hydrogen) atoms. The van der Waals surface area contributed by atoms with Gasteiger partial charge in [0.1, 0.15) is 6.33 Å². The summed E-state index contributed by atoms with van der Waals surface area (Å²) in [6, 6.07) is 13.2. The fourth-order valence-electron chi connectivity index (χ4n) is 2.88. The van der Waals surface area contributed by atoms with Crippen LogP contribution >= 0.6 is 0 Å². The Labute approximate surface area is 153 Å². The van der Waals surface area contributed by atoms with E-state index < -0.39 is 0 Å². The second-order valence-corrected chi connectivity index (χ2v) is 5.59. The van der Waals surface area contributed by atoms with E-state index in [1.807, 2.05) is 17.6 Å². The summed E-state index contributed by atoms with van der Waals surface area (Å²) < 4.78 is 7.50. The largest absolute Gasteiger partial charge is 0.488 e. The molecule has 2 heterocycles. The van der Waals surface area contributed by atoms with Crippen LogP contribution in [0.25, 0.3) is 28.2 Å². The number of nitrogens with zero attached hydrogens (tertiary/aromatic N) is 4. The van der Waals surface area contributed by atoms with Crippen molar-refractivity contribution in [3.8, 4) is 17.1 Å². The van der Waals surface area contributed by atoms with Gasteiger partial charge in [0.25, 0.3) is 0 Å². The van der Waals surface area contributed by atoms with E-state index in [2.05, 4.69) is 53.3 Å². The van der Waals surface area contributed by atoms with Crippen LogP contribution in [0.2, 0.25) is 0 Å². The van der Waals surface area contributed by atoms with Gasteiger partial charge in [-0.05, 0) is 25.0 Å². The summed E-state index contributed by atoms with van der Waals surface area (Å²) in [6.07, 6.45) is 1.73. The van der Waals surface area contributed by atoms with Crippen molar-refractivity contribution >= 4 is 11.1 Å². The van der Waals surface area contributed by atoms with Crippen molar-refractivity contribution in [1.82, 2.24) is 19.7 Å². The van der Waals surface area contributed by atoms with E-state index in [0.717, 1.165) is 28.2 Å². The Hall–Kier alpha value is -2.30. The molecular weight excluding hydrogens is 480 g/mol. The Morgan fingerprint density at radius 1 is 1.12 bits per heavy atom. The van der Waals surface area contributed by atoms with E-state index in [0.29, 0.717) is 5.89 Å².